The molecule has 0 aliphatic heterocycles. The molecular weight excluding hydrogens is 198 g/mol. The lowest BCUT2D eigenvalue weighted by molar-refractivity contribution is 0.153. The first-order valence-corrected chi connectivity index (χ1v) is 4.72. The number of aromatic nitrogens is 3. The minimum Gasteiger partial charge on any atom is -0.389 e. The molecule has 3 N–H and O–H groups in total. The molecule has 1 rings (SSSR count). The van der Waals surface area contributed by atoms with Crippen molar-refractivity contribution in [2.24, 2.45) is 0 Å². The first-order valence-electron chi connectivity index (χ1n) is 4.72. The Bertz CT molecular complexity index is 313. The lowest BCUT2D eigenvalue weighted by Gasteiger charge is -2.16. The fourth-order valence-electron chi connectivity index (χ4n) is 1.40. The first-order chi connectivity index (χ1) is 6.95. The highest BCUT2D eigenvalue weighted by molar-refractivity contribution is 5.28. The molecule has 6 nitrogen and oxygen atoms in total. The zero-order valence-electron chi connectivity index (χ0n) is 8.92. The molecule has 0 saturated heterocycles. The predicted octanol–water partition coefficient (Wildman–Crippen LogP) is 0.0315. The van der Waals surface area contributed by atoms with Crippen LogP contribution < -0.4 is 0 Å². The third-order valence-electron chi connectivity index (χ3n) is 2.07. The van der Waals surface area contributed by atoms with E-state index in [4.69, 9.17) is 0 Å². The molecule has 15 heavy (non-hydrogen) atoms. The molecule has 6 heteroatoms. The van der Waals surface area contributed by atoms with Gasteiger partial charge in [0, 0.05) is 5.56 Å². The van der Waals surface area contributed by atoms with Gasteiger partial charge in [-0.1, -0.05) is 0 Å². The Kier molecular flexibility index (Phi) is 3.67. The Morgan fingerprint density at radius 1 is 0.800 bits per heavy atom. The number of hydrogen-bond donors (Lipinski definition) is 3. The summed E-state index contributed by atoms with van der Waals surface area (Å²) in [5.41, 5.74) is 0.835. The van der Waals surface area contributed by atoms with Gasteiger partial charge in [0.15, 0.2) is 0 Å². The number of hydrogen-bond acceptors (Lipinski definition) is 6. The maximum Gasteiger partial charge on any atom is 0.101 e. The van der Waals surface area contributed by atoms with Gasteiger partial charge in [-0.25, -0.2) is 0 Å². The van der Waals surface area contributed by atoms with E-state index in [1.807, 2.05) is 0 Å². The highest BCUT2D eigenvalue weighted by Gasteiger charge is 2.22. The standard InChI is InChI=1S/C9H15N3O3/c1-4(13)7-8(5(2)14)10-12-11-9(7)6(3)15/h4-6,13-15H,1-3H3. The topological polar surface area (TPSA) is 99.4 Å². The molecule has 0 aromatic carbocycles. The highest BCUT2D eigenvalue weighted by Crippen LogP contribution is 2.26. The van der Waals surface area contributed by atoms with E-state index in [9.17, 15) is 15.3 Å². The molecule has 0 radical (unpaired) electrons. The Labute approximate surface area is 87.6 Å². The average Bonchev–Trinajstić information content (AvgIpc) is 2.16. The van der Waals surface area contributed by atoms with Crippen LogP contribution in [0.15, 0.2) is 0 Å². The summed E-state index contributed by atoms with van der Waals surface area (Å²) >= 11 is 0. The molecule has 1 aromatic heterocycles. The average molecular weight is 213 g/mol. The summed E-state index contributed by atoms with van der Waals surface area (Å²) in [6, 6.07) is 0. The molecule has 0 aliphatic rings. The number of aliphatic hydroxyl groups is 3. The molecule has 1 aromatic rings. The van der Waals surface area contributed by atoms with Crippen LogP contribution >= 0.6 is 0 Å². The second-order valence-corrected chi connectivity index (χ2v) is 3.50. The van der Waals surface area contributed by atoms with E-state index >= 15 is 0 Å². The zero-order chi connectivity index (χ0) is 11.6. The molecule has 0 amide bonds. The van der Waals surface area contributed by atoms with Gasteiger partial charge in [-0.15, -0.1) is 10.2 Å². The van der Waals surface area contributed by atoms with Crippen molar-refractivity contribution in [2.75, 3.05) is 0 Å². The Morgan fingerprint density at radius 2 is 1.20 bits per heavy atom. The van der Waals surface area contributed by atoms with E-state index in [0.29, 0.717) is 5.56 Å². The number of nitrogens with zero attached hydrogens (tertiary/aromatic N) is 3. The second-order valence-electron chi connectivity index (χ2n) is 3.50. The van der Waals surface area contributed by atoms with Crippen molar-refractivity contribution in [2.45, 2.75) is 39.1 Å². The Hall–Kier alpha value is -1.11. The second kappa shape index (κ2) is 4.61. The van der Waals surface area contributed by atoms with Crippen molar-refractivity contribution >= 4 is 0 Å². The molecule has 3 atom stereocenters. The molecule has 0 saturated carbocycles. The van der Waals surface area contributed by atoms with Gasteiger partial charge >= 0.3 is 0 Å². The van der Waals surface area contributed by atoms with Crippen molar-refractivity contribution < 1.29 is 15.3 Å². The van der Waals surface area contributed by atoms with E-state index in [1.54, 1.807) is 0 Å². The van der Waals surface area contributed by atoms with Crippen LogP contribution in [0.4, 0.5) is 0 Å². The summed E-state index contributed by atoms with van der Waals surface area (Å²) < 4.78 is 0. The SMILES string of the molecule is CC(O)c1nnnc(C(C)O)c1C(C)O. The summed E-state index contributed by atoms with van der Waals surface area (Å²) in [4.78, 5) is 0. The van der Waals surface area contributed by atoms with E-state index in [0.717, 1.165) is 0 Å². The minimum atomic E-state index is -0.859. The van der Waals surface area contributed by atoms with Gasteiger partial charge in [0.25, 0.3) is 0 Å². The van der Waals surface area contributed by atoms with Crippen LogP contribution in [0.2, 0.25) is 0 Å². The third-order valence-corrected chi connectivity index (χ3v) is 2.07. The van der Waals surface area contributed by atoms with Crippen LogP contribution in [-0.2, 0) is 0 Å². The number of rotatable bonds is 3. The fourth-order valence-corrected chi connectivity index (χ4v) is 1.40. The normalized spacial score (nSPS) is 17.2. The molecule has 0 fully saturated rings. The molecule has 0 aliphatic carbocycles. The van der Waals surface area contributed by atoms with Crippen molar-refractivity contribution in [3.05, 3.63) is 17.0 Å². The van der Waals surface area contributed by atoms with E-state index in [-0.39, 0.29) is 11.4 Å². The third kappa shape index (κ3) is 2.47. The molecule has 3 unspecified atom stereocenters. The van der Waals surface area contributed by atoms with E-state index < -0.39 is 18.3 Å². The van der Waals surface area contributed by atoms with Crippen LogP contribution in [0.5, 0.6) is 0 Å². The lowest BCUT2D eigenvalue weighted by atomic mass is 10.0. The van der Waals surface area contributed by atoms with Crippen LogP contribution in [0.3, 0.4) is 0 Å². The first kappa shape index (κ1) is 12.0. The van der Waals surface area contributed by atoms with Gasteiger partial charge in [-0.05, 0) is 26.0 Å². The Balaban J connectivity index is 3.35. The minimum absolute atomic E-state index is 0.246. The molecule has 84 valence electrons. The molecular formula is C9H15N3O3. The lowest BCUT2D eigenvalue weighted by Crippen LogP contribution is -2.14. The molecule has 0 spiro atoms. The smallest absolute Gasteiger partial charge is 0.101 e. The van der Waals surface area contributed by atoms with Gasteiger partial charge in [-0.2, -0.15) is 0 Å². The van der Waals surface area contributed by atoms with Crippen molar-refractivity contribution in [3.63, 3.8) is 0 Å². The predicted molar refractivity (Wildman–Crippen MR) is 51.7 cm³/mol. The number of aliphatic hydroxyl groups excluding tert-OH is 3. The van der Waals surface area contributed by atoms with Gasteiger partial charge in [0.2, 0.25) is 0 Å². The van der Waals surface area contributed by atoms with Crippen molar-refractivity contribution in [1.82, 2.24) is 15.4 Å². The van der Waals surface area contributed by atoms with Crippen LogP contribution in [0.1, 0.15) is 56.0 Å². The summed E-state index contributed by atoms with van der Waals surface area (Å²) in [7, 11) is 0. The van der Waals surface area contributed by atoms with E-state index in [1.165, 1.54) is 20.8 Å². The van der Waals surface area contributed by atoms with Crippen molar-refractivity contribution in [3.8, 4) is 0 Å². The highest BCUT2D eigenvalue weighted by atomic mass is 16.3. The van der Waals surface area contributed by atoms with Gasteiger partial charge in [0.05, 0.1) is 18.3 Å². The quantitative estimate of drug-likeness (QED) is 0.655. The zero-order valence-corrected chi connectivity index (χ0v) is 8.92. The Morgan fingerprint density at radius 3 is 1.47 bits per heavy atom. The van der Waals surface area contributed by atoms with Crippen LogP contribution in [0.25, 0.3) is 0 Å². The summed E-state index contributed by atoms with van der Waals surface area (Å²) in [6.07, 6.45) is -2.58. The van der Waals surface area contributed by atoms with Gasteiger partial charge in [-0.3, -0.25) is 0 Å². The monoisotopic (exact) mass is 213 g/mol. The summed E-state index contributed by atoms with van der Waals surface area (Å²) in [5.74, 6) is 0. The summed E-state index contributed by atoms with van der Waals surface area (Å²) in [5, 5.41) is 39.2. The maximum atomic E-state index is 9.55. The molecule has 1 heterocycles. The van der Waals surface area contributed by atoms with E-state index in [2.05, 4.69) is 15.4 Å². The molecule has 0 bridgehead atoms. The van der Waals surface area contributed by atoms with Crippen LogP contribution in [-0.4, -0.2) is 30.7 Å². The van der Waals surface area contributed by atoms with Gasteiger partial charge < -0.3 is 15.3 Å². The largest absolute Gasteiger partial charge is 0.389 e. The van der Waals surface area contributed by atoms with Gasteiger partial charge in [0.1, 0.15) is 11.4 Å². The van der Waals surface area contributed by atoms with Crippen molar-refractivity contribution in [1.29, 1.82) is 0 Å². The summed E-state index contributed by atoms with van der Waals surface area (Å²) in [6.45, 7) is 4.56. The maximum absolute atomic E-state index is 9.55. The fraction of sp³-hybridized carbons (Fsp3) is 0.667. The van der Waals surface area contributed by atoms with Crippen LogP contribution in [0, 0.1) is 0 Å².